The van der Waals surface area contributed by atoms with Crippen molar-refractivity contribution < 1.29 is 4.79 Å². The second-order valence-electron chi connectivity index (χ2n) is 2.11. The van der Waals surface area contributed by atoms with Crippen LogP contribution in [0, 0.1) is 0 Å². The summed E-state index contributed by atoms with van der Waals surface area (Å²) in [6, 6.07) is 1.46. The highest BCUT2D eigenvalue weighted by Gasteiger charge is 2.09. The summed E-state index contributed by atoms with van der Waals surface area (Å²) in [6.07, 6.45) is 1.36. The van der Waals surface area contributed by atoms with Gasteiger partial charge in [0.1, 0.15) is 5.69 Å². The highest BCUT2D eigenvalue weighted by molar-refractivity contribution is 6.36. The molecule has 0 saturated carbocycles. The predicted molar refractivity (Wildman–Crippen MR) is 54.9 cm³/mol. The van der Waals surface area contributed by atoms with E-state index in [2.05, 4.69) is 4.98 Å². The molecule has 72 valence electrons. The van der Waals surface area contributed by atoms with Crippen molar-refractivity contribution in [3.63, 3.8) is 0 Å². The van der Waals surface area contributed by atoms with Gasteiger partial charge in [-0.3, -0.25) is 4.79 Å². The molecule has 0 amide bonds. The molecule has 0 unspecified atom stereocenters. The summed E-state index contributed by atoms with van der Waals surface area (Å²) < 4.78 is 0. The second-order valence-corrected chi connectivity index (χ2v) is 2.95. The number of nitrogens with two attached hydrogens (primary N) is 1. The van der Waals surface area contributed by atoms with Crippen LogP contribution >= 0.6 is 35.6 Å². The summed E-state index contributed by atoms with van der Waals surface area (Å²) in [5.74, 6) is -0.295. The molecule has 1 rings (SSSR count). The van der Waals surface area contributed by atoms with Gasteiger partial charge in [-0.05, 0) is 6.07 Å². The number of aromatic nitrogens is 1. The molecule has 3 nitrogen and oxygen atoms in total. The number of carbonyl (C=O) groups is 1. The minimum atomic E-state index is -0.295. The zero-order valence-corrected chi connectivity index (χ0v) is 8.79. The Morgan fingerprint density at radius 3 is 2.62 bits per heavy atom. The van der Waals surface area contributed by atoms with Crippen LogP contribution in [0.15, 0.2) is 12.3 Å². The lowest BCUT2D eigenvalue weighted by molar-refractivity contribution is 0.0997. The van der Waals surface area contributed by atoms with Gasteiger partial charge < -0.3 is 5.73 Å². The maximum absolute atomic E-state index is 11.0. The number of pyridine rings is 1. The third-order valence-corrected chi connectivity index (χ3v) is 1.75. The van der Waals surface area contributed by atoms with Gasteiger partial charge in [0.25, 0.3) is 0 Å². The molecular formula is C7H7Cl3N2O. The maximum atomic E-state index is 11.0. The number of hydrogen-bond acceptors (Lipinski definition) is 3. The molecule has 0 bridgehead atoms. The Kier molecular flexibility index (Phi) is 5.25. The van der Waals surface area contributed by atoms with Crippen LogP contribution in [0.1, 0.15) is 10.5 Å². The summed E-state index contributed by atoms with van der Waals surface area (Å²) in [5.41, 5.74) is 5.30. The zero-order chi connectivity index (χ0) is 9.14. The zero-order valence-electron chi connectivity index (χ0n) is 6.46. The molecule has 13 heavy (non-hydrogen) atoms. The highest BCUT2D eigenvalue weighted by atomic mass is 35.5. The largest absolute Gasteiger partial charge is 0.324 e. The topological polar surface area (TPSA) is 56.0 Å². The minimum Gasteiger partial charge on any atom is -0.324 e. The monoisotopic (exact) mass is 240 g/mol. The summed E-state index contributed by atoms with van der Waals surface area (Å²) >= 11 is 11.3. The lowest BCUT2D eigenvalue weighted by Crippen LogP contribution is -2.15. The Labute approximate surface area is 91.6 Å². The Bertz CT molecular complexity index is 317. The average molecular weight is 242 g/mol. The second kappa shape index (κ2) is 5.40. The molecule has 0 fully saturated rings. The van der Waals surface area contributed by atoms with Crippen molar-refractivity contribution in [2.24, 2.45) is 5.73 Å². The van der Waals surface area contributed by atoms with Crippen LogP contribution in [0.4, 0.5) is 0 Å². The smallest absolute Gasteiger partial charge is 0.196 e. The number of halogens is 3. The van der Waals surface area contributed by atoms with Crippen molar-refractivity contribution >= 4 is 41.4 Å². The summed E-state index contributed by atoms with van der Waals surface area (Å²) in [5, 5.41) is 0.631. The van der Waals surface area contributed by atoms with Gasteiger partial charge >= 0.3 is 0 Å². The summed E-state index contributed by atoms with van der Waals surface area (Å²) in [4.78, 5) is 14.8. The van der Waals surface area contributed by atoms with E-state index in [1.54, 1.807) is 0 Å². The normalized spacial score (nSPS) is 9.15. The van der Waals surface area contributed by atoms with Crippen molar-refractivity contribution in [3.8, 4) is 0 Å². The predicted octanol–water partition coefficient (Wildman–Crippen LogP) is 1.95. The van der Waals surface area contributed by atoms with E-state index in [-0.39, 0.29) is 35.5 Å². The third-order valence-electron chi connectivity index (χ3n) is 1.26. The van der Waals surface area contributed by atoms with E-state index in [1.165, 1.54) is 12.3 Å². The average Bonchev–Trinajstić information content (AvgIpc) is 2.03. The van der Waals surface area contributed by atoms with Gasteiger partial charge in [0.2, 0.25) is 0 Å². The van der Waals surface area contributed by atoms with E-state index in [1.807, 2.05) is 0 Å². The molecule has 0 aromatic carbocycles. The van der Waals surface area contributed by atoms with Gasteiger partial charge in [-0.15, -0.1) is 12.4 Å². The summed E-state index contributed by atoms with van der Waals surface area (Å²) in [7, 11) is 0. The fraction of sp³-hybridized carbons (Fsp3) is 0.143. The van der Waals surface area contributed by atoms with Crippen LogP contribution in [-0.4, -0.2) is 17.3 Å². The van der Waals surface area contributed by atoms with Gasteiger partial charge in [0.05, 0.1) is 16.6 Å². The number of rotatable bonds is 2. The van der Waals surface area contributed by atoms with Crippen molar-refractivity contribution in [1.29, 1.82) is 0 Å². The first kappa shape index (κ1) is 12.7. The molecular weight excluding hydrogens is 234 g/mol. The number of carbonyl (C=O) groups excluding carboxylic acids is 1. The highest BCUT2D eigenvalue weighted by Crippen LogP contribution is 2.18. The molecule has 2 N–H and O–H groups in total. The molecule has 1 aromatic heterocycles. The Morgan fingerprint density at radius 2 is 2.15 bits per heavy atom. The minimum absolute atomic E-state index is 0. The van der Waals surface area contributed by atoms with Crippen LogP contribution in [0.5, 0.6) is 0 Å². The molecule has 1 aromatic rings. The van der Waals surface area contributed by atoms with Crippen molar-refractivity contribution in [1.82, 2.24) is 4.98 Å². The molecule has 0 aliphatic rings. The summed E-state index contributed by atoms with van der Waals surface area (Å²) in [6.45, 7) is -0.103. The maximum Gasteiger partial charge on any atom is 0.196 e. The number of nitrogens with zero attached hydrogens (tertiary/aromatic N) is 1. The Balaban J connectivity index is 0.00000144. The SMILES string of the molecule is Cl.NCC(=O)c1ncc(Cl)cc1Cl. The lowest BCUT2D eigenvalue weighted by Gasteiger charge is -1.99. The first-order valence-electron chi connectivity index (χ1n) is 3.19. The van der Waals surface area contributed by atoms with Gasteiger partial charge in [-0.2, -0.15) is 0 Å². The molecule has 0 atom stereocenters. The van der Waals surface area contributed by atoms with Gasteiger partial charge in [0, 0.05) is 6.20 Å². The van der Waals surface area contributed by atoms with Gasteiger partial charge in [-0.25, -0.2) is 4.98 Å². The van der Waals surface area contributed by atoms with E-state index in [9.17, 15) is 4.79 Å². The van der Waals surface area contributed by atoms with Crippen LogP contribution in [0.2, 0.25) is 10.0 Å². The van der Waals surface area contributed by atoms with Gasteiger partial charge in [0.15, 0.2) is 5.78 Å². The number of ketones is 1. The third kappa shape index (κ3) is 3.12. The van der Waals surface area contributed by atoms with Gasteiger partial charge in [-0.1, -0.05) is 23.2 Å². The van der Waals surface area contributed by atoms with Crippen molar-refractivity contribution in [2.45, 2.75) is 0 Å². The fourth-order valence-electron chi connectivity index (χ4n) is 0.716. The first-order valence-corrected chi connectivity index (χ1v) is 3.95. The molecule has 0 spiro atoms. The quantitative estimate of drug-likeness (QED) is 0.805. The van der Waals surface area contributed by atoms with E-state index in [4.69, 9.17) is 28.9 Å². The van der Waals surface area contributed by atoms with E-state index in [0.717, 1.165) is 0 Å². The molecule has 0 saturated heterocycles. The molecule has 0 aliphatic heterocycles. The van der Waals surface area contributed by atoms with Crippen LogP contribution < -0.4 is 5.73 Å². The Morgan fingerprint density at radius 1 is 1.54 bits per heavy atom. The van der Waals surface area contributed by atoms with Crippen LogP contribution in [0.25, 0.3) is 0 Å². The van der Waals surface area contributed by atoms with Crippen LogP contribution in [-0.2, 0) is 0 Å². The number of Topliss-reactive ketones (excluding diaryl/α,β-unsaturated/α-hetero) is 1. The first-order chi connectivity index (χ1) is 5.65. The van der Waals surface area contributed by atoms with Crippen LogP contribution in [0.3, 0.4) is 0 Å². The van der Waals surface area contributed by atoms with Crippen molar-refractivity contribution in [3.05, 3.63) is 28.0 Å². The van der Waals surface area contributed by atoms with Crippen molar-refractivity contribution in [2.75, 3.05) is 6.54 Å². The lowest BCUT2D eigenvalue weighted by atomic mass is 10.2. The standard InChI is InChI=1S/C7H6Cl2N2O.ClH/c8-4-1-5(9)7(11-3-4)6(12)2-10;/h1,3H,2,10H2;1H. The molecule has 0 radical (unpaired) electrons. The van der Waals surface area contributed by atoms with E-state index in [0.29, 0.717) is 5.02 Å². The van der Waals surface area contributed by atoms with E-state index >= 15 is 0 Å². The molecule has 1 heterocycles. The Hall–Kier alpha value is -0.350. The molecule has 6 heteroatoms. The number of hydrogen-bond donors (Lipinski definition) is 1. The van der Waals surface area contributed by atoms with E-state index < -0.39 is 0 Å². The fourth-order valence-corrected chi connectivity index (χ4v) is 1.20. The molecule has 0 aliphatic carbocycles.